The molecular formula is C12H12N4O. The molecule has 2 aromatic heterocycles. The first-order valence-corrected chi connectivity index (χ1v) is 5.30. The first kappa shape index (κ1) is 11.1. The van der Waals surface area contributed by atoms with Crippen molar-refractivity contribution >= 4 is 5.95 Å². The number of nitrogens with one attached hydrogen (secondary N) is 1. The Morgan fingerprint density at radius 3 is 3.06 bits per heavy atom. The number of furan rings is 1. The molecule has 0 aliphatic rings. The minimum absolute atomic E-state index is 0.373. The Bertz CT molecular complexity index is 528. The van der Waals surface area contributed by atoms with Gasteiger partial charge >= 0.3 is 0 Å². The summed E-state index contributed by atoms with van der Waals surface area (Å²) in [6.45, 7) is 2.50. The molecule has 0 saturated heterocycles. The van der Waals surface area contributed by atoms with E-state index >= 15 is 0 Å². The van der Waals surface area contributed by atoms with E-state index in [2.05, 4.69) is 15.3 Å². The van der Waals surface area contributed by atoms with Crippen molar-refractivity contribution in [1.82, 2.24) is 9.97 Å². The van der Waals surface area contributed by atoms with Crippen molar-refractivity contribution in [3.05, 3.63) is 41.6 Å². The second-order valence-corrected chi connectivity index (χ2v) is 3.59. The molecule has 2 aromatic rings. The van der Waals surface area contributed by atoms with Crippen molar-refractivity contribution in [3.63, 3.8) is 0 Å². The summed E-state index contributed by atoms with van der Waals surface area (Å²) in [4.78, 5) is 8.25. The molecule has 1 N–H and O–H groups in total. The minimum Gasteiger partial charge on any atom is -0.469 e. The van der Waals surface area contributed by atoms with Crippen LogP contribution < -0.4 is 5.32 Å². The van der Waals surface area contributed by atoms with Crippen molar-refractivity contribution < 1.29 is 4.42 Å². The SMILES string of the molecule is Cc1cc(C#N)nc(NCCc2ccco2)n1. The lowest BCUT2D eigenvalue weighted by Crippen LogP contribution is -2.08. The van der Waals surface area contributed by atoms with E-state index in [0.717, 1.165) is 17.9 Å². The summed E-state index contributed by atoms with van der Waals surface area (Å²) in [6.07, 6.45) is 2.40. The second kappa shape index (κ2) is 5.12. The Labute approximate surface area is 99.1 Å². The van der Waals surface area contributed by atoms with E-state index in [1.807, 2.05) is 25.1 Å². The van der Waals surface area contributed by atoms with Crippen LogP contribution in [0.1, 0.15) is 17.1 Å². The molecule has 2 rings (SSSR count). The molecule has 0 aliphatic carbocycles. The van der Waals surface area contributed by atoms with Gasteiger partial charge in [-0.2, -0.15) is 5.26 Å². The molecule has 5 heteroatoms. The topological polar surface area (TPSA) is 74.7 Å². The van der Waals surface area contributed by atoms with Gasteiger partial charge in [-0.25, -0.2) is 9.97 Å². The van der Waals surface area contributed by atoms with Crippen LogP contribution in [0.5, 0.6) is 0 Å². The number of aromatic nitrogens is 2. The normalized spacial score (nSPS) is 9.88. The third-order valence-electron chi connectivity index (χ3n) is 2.20. The maximum absolute atomic E-state index is 8.78. The molecule has 0 fully saturated rings. The molecule has 0 amide bonds. The van der Waals surface area contributed by atoms with Gasteiger partial charge < -0.3 is 9.73 Å². The molecule has 17 heavy (non-hydrogen) atoms. The van der Waals surface area contributed by atoms with Crippen molar-refractivity contribution in [3.8, 4) is 6.07 Å². The summed E-state index contributed by atoms with van der Waals surface area (Å²) in [7, 11) is 0. The smallest absolute Gasteiger partial charge is 0.224 e. The molecule has 0 saturated carbocycles. The maximum atomic E-state index is 8.78. The summed E-state index contributed by atoms with van der Waals surface area (Å²) in [5, 5.41) is 11.8. The molecule has 0 radical (unpaired) electrons. The van der Waals surface area contributed by atoms with Gasteiger partial charge in [0.05, 0.1) is 6.26 Å². The zero-order chi connectivity index (χ0) is 12.1. The lowest BCUT2D eigenvalue weighted by Gasteiger charge is -2.04. The van der Waals surface area contributed by atoms with Crippen LogP contribution in [0.3, 0.4) is 0 Å². The molecule has 0 unspecified atom stereocenters. The molecule has 2 heterocycles. The lowest BCUT2D eigenvalue weighted by atomic mass is 10.3. The zero-order valence-corrected chi connectivity index (χ0v) is 9.47. The summed E-state index contributed by atoms with van der Waals surface area (Å²) in [5.74, 6) is 1.39. The van der Waals surface area contributed by atoms with E-state index in [-0.39, 0.29) is 0 Å². The molecule has 0 aromatic carbocycles. The first-order chi connectivity index (χ1) is 8.28. The second-order valence-electron chi connectivity index (χ2n) is 3.59. The highest BCUT2D eigenvalue weighted by Gasteiger charge is 2.01. The fraction of sp³-hybridized carbons (Fsp3) is 0.250. The predicted molar refractivity (Wildman–Crippen MR) is 62.4 cm³/mol. The van der Waals surface area contributed by atoms with Crippen LogP contribution in [0.25, 0.3) is 0 Å². The molecule has 0 bridgehead atoms. The average molecular weight is 228 g/mol. The first-order valence-electron chi connectivity index (χ1n) is 5.30. The standard InChI is InChI=1S/C12H12N4O/c1-9-7-10(8-13)16-12(15-9)14-5-4-11-3-2-6-17-11/h2-3,6-7H,4-5H2,1H3,(H,14,15,16). The van der Waals surface area contributed by atoms with Gasteiger partial charge in [0.15, 0.2) is 0 Å². The van der Waals surface area contributed by atoms with Crippen LogP contribution in [-0.2, 0) is 6.42 Å². The van der Waals surface area contributed by atoms with E-state index in [1.165, 1.54) is 0 Å². The van der Waals surface area contributed by atoms with Gasteiger partial charge in [-0.05, 0) is 25.1 Å². The van der Waals surface area contributed by atoms with Crippen LogP contribution in [0.4, 0.5) is 5.95 Å². The Kier molecular flexibility index (Phi) is 3.36. The van der Waals surface area contributed by atoms with Crippen LogP contribution in [-0.4, -0.2) is 16.5 Å². The highest BCUT2D eigenvalue weighted by molar-refractivity contribution is 5.32. The number of nitriles is 1. The Hall–Kier alpha value is -2.35. The summed E-state index contributed by atoms with van der Waals surface area (Å²) >= 11 is 0. The number of hydrogen-bond donors (Lipinski definition) is 1. The van der Waals surface area contributed by atoms with Gasteiger partial charge in [-0.15, -0.1) is 0 Å². The number of aryl methyl sites for hydroxylation is 1. The zero-order valence-electron chi connectivity index (χ0n) is 9.47. The van der Waals surface area contributed by atoms with Crippen molar-refractivity contribution in [2.75, 3.05) is 11.9 Å². The maximum Gasteiger partial charge on any atom is 0.224 e. The number of hydrogen-bond acceptors (Lipinski definition) is 5. The van der Waals surface area contributed by atoms with Crippen LogP contribution in [0.2, 0.25) is 0 Å². The van der Waals surface area contributed by atoms with Gasteiger partial charge in [0.25, 0.3) is 0 Å². The Balaban J connectivity index is 1.95. The van der Waals surface area contributed by atoms with E-state index in [9.17, 15) is 0 Å². The molecule has 0 atom stereocenters. The van der Waals surface area contributed by atoms with Crippen molar-refractivity contribution in [2.45, 2.75) is 13.3 Å². The summed E-state index contributed by atoms with van der Waals surface area (Å²) in [5.41, 5.74) is 1.15. The van der Waals surface area contributed by atoms with E-state index < -0.39 is 0 Å². The monoisotopic (exact) mass is 228 g/mol. The van der Waals surface area contributed by atoms with Crippen molar-refractivity contribution in [2.24, 2.45) is 0 Å². The number of nitrogens with zero attached hydrogens (tertiary/aromatic N) is 3. The Morgan fingerprint density at radius 1 is 1.47 bits per heavy atom. The van der Waals surface area contributed by atoms with Gasteiger partial charge in [0.1, 0.15) is 17.5 Å². The highest BCUT2D eigenvalue weighted by Crippen LogP contribution is 2.05. The molecular weight excluding hydrogens is 216 g/mol. The highest BCUT2D eigenvalue weighted by atomic mass is 16.3. The molecule has 0 aliphatic heterocycles. The fourth-order valence-corrected chi connectivity index (χ4v) is 1.46. The van der Waals surface area contributed by atoms with E-state index in [0.29, 0.717) is 18.2 Å². The number of rotatable bonds is 4. The van der Waals surface area contributed by atoms with Gasteiger partial charge in [-0.1, -0.05) is 0 Å². The van der Waals surface area contributed by atoms with Crippen LogP contribution in [0, 0.1) is 18.3 Å². The predicted octanol–water partition coefficient (Wildman–Crippen LogP) is 1.90. The molecule has 86 valence electrons. The van der Waals surface area contributed by atoms with Crippen LogP contribution in [0.15, 0.2) is 28.9 Å². The van der Waals surface area contributed by atoms with E-state index in [4.69, 9.17) is 9.68 Å². The molecule has 5 nitrogen and oxygen atoms in total. The summed E-state index contributed by atoms with van der Waals surface area (Å²) < 4.78 is 5.21. The largest absolute Gasteiger partial charge is 0.469 e. The lowest BCUT2D eigenvalue weighted by molar-refractivity contribution is 0.512. The average Bonchev–Trinajstić information content (AvgIpc) is 2.81. The van der Waals surface area contributed by atoms with Gasteiger partial charge in [-0.3, -0.25) is 0 Å². The fourth-order valence-electron chi connectivity index (χ4n) is 1.46. The van der Waals surface area contributed by atoms with Gasteiger partial charge in [0.2, 0.25) is 5.95 Å². The summed E-state index contributed by atoms with van der Waals surface area (Å²) in [6, 6.07) is 7.42. The quantitative estimate of drug-likeness (QED) is 0.865. The Morgan fingerprint density at radius 2 is 2.35 bits per heavy atom. The number of anilines is 1. The van der Waals surface area contributed by atoms with Crippen molar-refractivity contribution in [1.29, 1.82) is 5.26 Å². The van der Waals surface area contributed by atoms with Crippen LogP contribution >= 0.6 is 0 Å². The van der Waals surface area contributed by atoms with Gasteiger partial charge in [0, 0.05) is 18.7 Å². The third-order valence-corrected chi connectivity index (χ3v) is 2.20. The molecule has 0 spiro atoms. The minimum atomic E-state index is 0.373. The third kappa shape index (κ3) is 3.05. The van der Waals surface area contributed by atoms with E-state index in [1.54, 1.807) is 12.3 Å².